The van der Waals surface area contributed by atoms with E-state index in [2.05, 4.69) is 49.9 Å². The summed E-state index contributed by atoms with van der Waals surface area (Å²) >= 11 is 0. The van der Waals surface area contributed by atoms with Crippen molar-refractivity contribution in [3.8, 4) is 0 Å². The fourth-order valence-electron chi connectivity index (χ4n) is 2.69. The second-order valence-corrected chi connectivity index (χ2v) is 5.53. The van der Waals surface area contributed by atoms with Crippen molar-refractivity contribution in [2.24, 2.45) is 0 Å². The summed E-state index contributed by atoms with van der Waals surface area (Å²) in [6, 6.07) is 1.99. The summed E-state index contributed by atoms with van der Waals surface area (Å²) < 4.78 is 0. The van der Waals surface area contributed by atoms with Gasteiger partial charge in [-0.15, -0.1) is 0 Å². The minimum absolute atomic E-state index is 0.644. The fraction of sp³-hybridized carbons (Fsp3) is 1.00. The molecule has 1 fully saturated rings. The molecule has 3 atom stereocenters. The van der Waals surface area contributed by atoms with Gasteiger partial charge in [-0.3, -0.25) is 4.90 Å². The van der Waals surface area contributed by atoms with Crippen LogP contribution in [0, 0.1) is 0 Å². The summed E-state index contributed by atoms with van der Waals surface area (Å²) in [6.07, 6.45) is 2.45. The topological polar surface area (TPSA) is 18.5 Å². The molecule has 102 valence electrons. The number of rotatable bonds is 6. The van der Waals surface area contributed by atoms with Crippen LogP contribution in [0.4, 0.5) is 0 Å². The van der Waals surface area contributed by atoms with Crippen molar-refractivity contribution in [3.05, 3.63) is 0 Å². The Labute approximate surface area is 108 Å². The van der Waals surface area contributed by atoms with E-state index < -0.39 is 0 Å². The van der Waals surface area contributed by atoms with Crippen LogP contribution in [-0.2, 0) is 0 Å². The van der Waals surface area contributed by atoms with Crippen molar-refractivity contribution in [2.75, 3.05) is 33.2 Å². The Kier molecular flexibility index (Phi) is 6.45. The molecule has 1 N–H and O–H groups in total. The van der Waals surface area contributed by atoms with Crippen LogP contribution in [0.15, 0.2) is 0 Å². The lowest BCUT2D eigenvalue weighted by Crippen LogP contribution is -2.57. The van der Waals surface area contributed by atoms with Crippen LogP contribution in [0.2, 0.25) is 0 Å². The van der Waals surface area contributed by atoms with E-state index in [1.165, 1.54) is 32.5 Å². The largest absolute Gasteiger partial charge is 0.312 e. The third-order valence-electron chi connectivity index (χ3n) is 4.25. The maximum absolute atomic E-state index is 3.69. The standard InChI is InChI=1S/C14H31N3/c1-6-8-15-14(7-2)13(4)17-10-9-16(5)12(3)11-17/h12-15H,6-11H2,1-5H3. The Hall–Kier alpha value is -0.120. The van der Waals surface area contributed by atoms with Crippen molar-refractivity contribution in [1.29, 1.82) is 0 Å². The Morgan fingerprint density at radius 2 is 2.00 bits per heavy atom. The van der Waals surface area contributed by atoms with Gasteiger partial charge in [-0.05, 0) is 40.3 Å². The quantitative estimate of drug-likeness (QED) is 0.765. The average Bonchev–Trinajstić information content (AvgIpc) is 2.33. The van der Waals surface area contributed by atoms with Crippen molar-refractivity contribution in [3.63, 3.8) is 0 Å². The molecule has 0 aromatic rings. The van der Waals surface area contributed by atoms with Gasteiger partial charge in [0.05, 0.1) is 0 Å². The molecule has 0 aromatic heterocycles. The van der Waals surface area contributed by atoms with E-state index >= 15 is 0 Å². The molecular formula is C14H31N3. The Bertz CT molecular complexity index is 208. The van der Waals surface area contributed by atoms with E-state index in [-0.39, 0.29) is 0 Å². The highest BCUT2D eigenvalue weighted by Crippen LogP contribution is 2.14. The smallest absolute Gasteiger partial charge is 0.0222 e. The highest BCUT2D eigenvalue weighted by molar-refractivity contribution is 4.86. The van der Waals surface area contributed by atoms with Gasteiger partial charge >= 0.3 is 0 Å². The van der Waals surface area contributed by atoms with E-state index in [0.717, 1.165) is 6.54 Å². The van der Waals surface area contributed by atoms with Gasteiger partial charge in [0.2, 0.25) is 0 Å². The molecule has 0 radical (unpaired) electrons. The van der Waals surface area contributed by atoms with Crippen LogP contribution < -0.4 is 5.32 Å². The molecular weight excluding hydrogens is 210 g/mol. The lowest BCUT2D eigenvalue weighted by Gasteiger charge is -2.43. The molecule has 0 spiro atoms. The zero-order valence-electron chi connectivity index (χ0n) is 12.4. The molecule has 1 aliphatic rings. The molecule has 3 nitrogen and oxygen atoms in total. The number of nitrogens with one attached hydrogen (secondary N) is 1. The molecule has 0 aliphatic carbocycles. The molecule has 0 amide bonds. The molecule has 3 unspecified atom stereocenters. The Morgan fingerprint density at radius 1 is 1.29 bits per heavy atom. The molecule has 17 heavy (non-hydrogen) atoms. The molecule has 0 aromatic carbocycles. The minimum atomic E-state index is 0.644. The van der Waals surface area contributed by atoms with E-state index in [4.69, 9.17) is 0 Å². The molecule has 0 saturated carbocycles. The van der Waals surface area contributed by atoms with Gasteiger partial charge in [0.15, 0.2) is 0 Å². The number of likely N-dealkylation sites (N-methyl/N-ethyl adjacent to an activating group) is 1. The average molecular weight is 241 g/mol. The SMILES string of the molecule is CCCNC(CC)C(C)N1CCN(C)C(C)C1. The van der Waals surface area contributed by atoms with Crippen LogP contribution in [0.3, 0.4) is 0 Å². The third kappa shape index (κ3) is 4.23. The molecule has 3 heteroatoms. The number of hydrogen-bond donors (Lipinski definition) is 1. The molecule has 1 rings (SSSR count). The van der Waals surface area contributed by atoms with E-state index in [9.17, 15) is 0 Å². The summed E-state index contributed by atoms with van der Waals surface area (Å²) in [6.45, 7) is 14.0. The van der Waals surface area contributed by atoms with Gasteiger partial charge in [0.1, 0.15) is 0 Å². The number of hydrogen-bond acceptors (Lipinski definition) is 3. The monoisotopic (exact) mass is 241 g/mol. The highest BCUT2D eigenvalue weighted by Gasteiger charge is 2.27. The van der Waals surface area contributed by atoms with E-state index in [1.807, 2.05) is 0 Å². The predicted octanol–water partition coefficient (Wildman–Crippen LogP) is 1.79. The fourth-order valence-corrected chi connectivity index (χ4v) is 2.69. The second-order valence-electron chi connectivity index (χ2n) is 5.53. The van der Waals surface area contributed by atoms with Crippen LogP contribution >= 0.6 is 0 Å². The van der Waals surface area contributed by atoms with Crippen LogP contribution in [0.25, 0.3) is 0 Å². The Balaban J connectivity index is 2.46. The summed E-state index contributed by atoms with van der Waals surface area (Å²) in [5, 5.41) is 3.69. The highest BCUT2D eigenvalue weighted by atomic mass is 15.3. The lowest BCUT2D eigenvalue weighted by molar-refractivity contribution is 0.0628. The van der Waals surface area contributed by atoms with Gasteiger partial charge in [-0.25, -0.2) is 0 Å². The van der Waals surface area contributed by atoms with Gasteiger partial charge < -0.3 is 10.2 Å². The van der Waals surface area contributed by atoms with Gasteiger partial charge in [0.25, 0.3) is 0 Å². The van der Waals surface area contributed by atoms with Crippen molar-refractivity contribution in [1.82, 2.24) is 15.1 Å². The van der Waals surface area contributed by atoms with Crippen LogP contribution in [-0.4, -0.2) is 61.2 Å². The molecule has 1 heterocycles. The first kappa shape index (κ1) is 14.9. The van der Waals surface area contributed by atoms with Crippen molar-refractivity contribution < 1.29 is 0 Å². The summed E-state index contributed by atoms with van der Waals surface area (Å²) in [5.41, 5.74) is 0. The van der Waals surface area contributed by atoms with E-state index in [1.54, 1.807) is 0 Å². The second kappa shape index (κ2) is 7.34. The lowest BCUT2D eigenvalue weighted by atomic mass is 10.0. The minimum Gasteiger partial charge on any atom is -0.312 e. The zero-order chi connectivity index (χ0) is 12.8. The van der Waals surface area contributed by atoms with E-state index in [0.29, 0.717) is 18.1 Å². The first-order valence-electron chi connectivity index (χ1n) is 7.27. The first-order chi connectivity index (χ1) is 8.10. The third-order valence-corrected chi connectivity index (χ3v) is 4.25. The number of piperazine rings is 1. The van der Waals surface area contributed by atoms with Crippen molar-refractivity contribution in [2.45, 2.75) is 58.7 Å². The van der Waals surface area contributed by atoms with Crippen LogP contribution in [0.1, 0.15) is 40.5 Å². The molecule has 1 saturated heterocycles. The zero-order valence-corrected chi connectivity index (χ0v) is 12.4. The maximum atomic E-state index is 3.69. The summed E-state index contributed by atoms with van der Waals surface area (Å²) in [5.74, 6) is 0. The predicted molar refractivity (Wildman–Crippen MR) is 75.5 cm³/mol. The van der Waals surface area contributed by atoms with Gasteiger partial charge in [-0.2, -0.15) is 0 Å². The summed E-state index contributed by atoms with van der Waals surface area (Å²) in [7, 11) is 2.24. The summed E-state index contributed by atoms with van der Waals surface area (Å²) in [4.78, 5) is 5.12. The molecule has 0 bridgehead atoms. The van der Waals surface area contributed by atoms with Gasteiger partial charge in [0, 0.05) is 37.8 Å². The Morgan fingerprint density at radius 3 is 2.53 bits per heavy atom. The normalized spacial score (nSPS) is 27.0. The first-order valence-corrected chi connectivity index (χ1v) is 7.27. The van der Waals surface area contributed by atoms with Crippen molar-refractivity contribution >= 4 is 0 Å². The molecule has 1 aliphatic heterocycles. The number of nitrogens with zero attached hydrogens (tertiary/aromatic N) is 2. The maximum Gasteiger partial charge on any atom is 0.0222 e. The van der Waals surface area contributed by atoms with Crippen LogP contribution in [0.5, 0.6) is 0 Å². The van der Waals surface area contributed by atoms with Gasteiger partial charge in [-0.1, -0.05) is 13.8 Å².